The quantitative estimate of drug-likeness (QED) is 0.283. The van der Waals surface area contributed by atoms with Crippen LogP contribution in [-0.4, -0.2) is 10.9 Å². The molecule has 6 N–H and O–H groups in total. The summed E-state index contributed by atoms with van der Waals surface area (Å²) in [5, 5.41) is 12.8. The number of amidine groups is 1. The lowest BCUT2D eigenvalue weighted by molar-refractivity contribution is 0.282. The average molecular weight is 256 g/mol. The highest BCUT2D eigenvalue weighted by molar-refractivity contribution is 6.03. The van der Waals surface area contributed by atoms with Gasteiger partial charge in [0.05, 0.1) is 6.61 Å². The first kappa shape index (κ1) is 13.1. The number of nitrogens with zero attached hydrogens (tertiary/aromatic N) is 1. The van der Waals surface area contributed by atoms with Crippen LogP contribution >= 0.6 is 0 Å². The molecule has 0 fully saturated rings. The second-order valence-corrected chi connectivity index (χ2v) is 4.03. The molecular formula is C14H16N4O. The molecule has 0 radical (unpaired) electrons. The van der Waals surface area contributed by atoms with Gasteiger partial charge in [0.2, 0.25) is 0 Å². The first-order valence-corrected chi connectivity index (χ1v) is 5.84. The van der Waals surface area contributed by atoms with Gasteiger partial charge in [0.25, 0.3) is 0 Å². The summed E-state index contributed by atoms with van der Waals surface area (Å²) >= 11 is 0. The number of hydrazone groups is 1. The molecule has 0 unspecified atom stereocenters. The molecule has 5 heteroatoms. The monoisotopic (exact) mass is 256 g/mol. The summed E-state index contributed by atoms with van der Waals surface area (Å²) in [5.74, 6) is 5.47. The van der Waals surface area contributed by atoms with E-state index in [4.69, 9.17) is 16.7 Å². The van der Waals surface area contributed by atoms with Gasteiger partial charge >= 0.3 is 0 Å². The van der Waals surface area contributed by atoms with E-state index in [0.717, 1.165) is 22.3 Å². The molecule has 0 heterocycles. The summed E-state index contributed by atoms with van der Waals surface area (Å²) in [4.78, 5) is 0. The van der Waals surface area contributed by atoms with E-state index in [-0.39, 0.29) is 6.61 Å². The molecule has 0 atom stereocenters. The number of nitrogens with one attached hydrogen (secondary N) is 1. The largest absolute Gasteiger partial charge is 0.392 e. The van der Waals surface area contributed by atoms with Crippen LogP contribution in [-0.2, 0) is 6.61 Å². The van der Waals surface area contributed by atoms with E-state index in [2.05, 4.69) is 10.6 Å². The van der Waals surface area contributed by atoms with Crippen molar-refractivity contribution in [1.29, 1.82) is 0 Å². The maximum Gasteiger partial charge on any atom is 0.152 e. The third-order valence-electron chi connectivity index (χ3n) is 2.84. The Morgan fingerprint density at radius 1 is 1.11 bits per heavy atom. The number of hydrogen-bond acceptors (Lipinski definition) is 4. The molecule has 2 aromatic rings. The molecule has 98 valence electrons. The van der Waals surface area contributed by atoms with Crippen molar-refractivity contribution in [3.63, 3.8) is 0 Å². The van der Waals surface area contributed by atoms with Crippen LogP contribution in [0.5, 0.6) is 0 Å². The van der Waals surface area contributed by atoms with Gasteiger partial charge in [-0.25, -0.2) is 11.4 Å². The maximum atomic E-state index is 9.05. The Morgan fingerprint density at radius 2 is 1.79 bits per heavy atom. The summed E-state index contributed by atoms with van der Waals surface area (Å²) < 4.78 is 0. The minimum atomic E-state index is 0.0304. The lowest BCUT2D eigenvalue weighted by Gasteiger charge is -2.09. The standard InChI is InChI=1S/C14H16N4O/c15-14(17-18-16)13-4-2-1-3-12(13)11-7-5-10(9-19)6-8-11/h1-8,18-19H,9,16H2,(H2,15,17). The highest BCUT2D eigenvalue weighted by Gasteiger charge is 2.07. The molecule has 0 spiro atoms. The number of benzene rings is 2. The topological polar surface area (TPSA) is 96.7 Å². The summed E-state index contributed by atoms with van der Waals surface area (Å²) in [6.45, 7) is 0.0304. The molecular weight excluding hydrogens is 240 g/mol. The number of hydrogen-bond donors (Lipinski definition) is 4. The zero-order chi connectivity index (χ0) is 13.7. The number of hydrazine groups is 1. The van der Waals surface area contributed by atoms with Crippen LogP contribution in [0, 0.1) is 0 Å². The minimum Gasteiger partial charge on any atom is -0.392 e. The van der Waals surface area contributed by atoms with Crippen LogP contribution in [0.25, 0.3) is 11.1 Å². The molecule has 0 saturated carbocycles. The Labute approximate surface area is 111 Å². The fourth-order valence-electron chi connectivity index (χ4n) is 1.88. The van der Waals surface area contributed by atoms with E-state index >= 15 is 0 Å². The van der Waals surface area contributed by atoms with Crippen LogP contribution in [0.3, 0.4) is 0 Å². The smallest absolute Gasteiger partial charge is 0.152 e. The van der Waals surface area contributed by atoms with Crippen molar-refractivity contribution < 1.29 is 5.11 Å². The molecule has 0 aliphatic carbocycles. The van der Waals surface area contributed by atoms with E-state index in [1.54, 1.807) is 0 Å². The van der Waals surface area contributed by atoms with Gasteiger partial charge in [-0.1, -0.05) is 48.5 Å². The van der Waals surface area contributed by atoms with Crippen molar-refractivity contribution in [1.82, 2.24) is 5.53 Å². The summed E-state index contributed by atoms with van der Waals surface area (Å²) in [6, 6.07) is 15.3. The van der Waals surface area contributed by atoms with Gasteiger partial charge in [-0.3, -0.25) is 0 Å². The van der Waals surface area contributed by atoms with Gasteiger partial charge < -0.3 is 10.8 Å². The lowest BCUT2D eigenvalue weighted by Crippen LogP contribution is -2.23. The van der Waals surface area contributed by atoms with Crippen molar-refractivity contribution >= 4 is 5.84 Å². The number of aliphatic hydroxyl groups is 1. The first-order chi connectivity index (χ1) is 9.26. The summed E-state index contributed by atoms with van der Waals surface area (Å²) in [5.41, 5.74) is 11.7. The summed E-state index contributed by atoms with van der Waals surface area (Å²) in [6.07, 6.45) is 0. The van der Waals surface area contributed by atoms with Gasteiger partial charge in [0.1, 0.15) is 0 Å². The molecule has 0 aliphatic rings. The van der Waals surface area contributed by atoms with Crippen LogP contribution in [0.15, 0.2) is 53.6 Å². The normalized spacial score (nSPS) is 11.4. The average Bonchev–Trinajstić information content (AvgIpc) is 2.47. The zero-order valence-corrected chi connectivity index (χ0v) is 10.4. The highest BCUT2D eigenvalue weighted by atomic mass is 16.3. The molecule has 0 aliphatic heterocycles. The van der Waals surface area contributed by atoms with Crippen LogP contribution in [0.4, 0.5) is 0 Å². The molecule has 0 saturated heterocycles. The Bertz CT molecular complexity index is 578. The number of aliphatic hydroxyl groups excluding tert-OH is 1. The molecule has 0 aromatic heterocycles. The predicted octanol–water partition coefficient (Wildman–Crippen LogP) is 0.930. The van der Waals surface area contributed by atoms with Crippen molar-refractivity contribution in [2.75, 3.05) is 0 Å². The minimum absolute atomic E-state index is 0.0304. The fourth-order valence-corrected chi connectivity index (χ4v) is 1.88. The fraction of sp³-hybridized carbons (Fsp3) is 0.0714. The van der Waals surface area contributed by atoms with Gasteiger partial charge in [-0.2, -0.15) is 0 Å². The highest BCUT2D eigenvalue weighted by Crippen LogP contribution is 2.23. The second kappa shape index (κ2) is 5.99. The Kier molecular flexibility index (Phi) is 4.12. The van der Waals surface area contributed by atoms with Crippen LogP contribution in [0.2, 0.25) is 0 Å². The van der Waals surface area contributed by atoms with Crippen molar-refractivity contribution in [2.45, 2.75) is 6.61 Å². The molecule has 2 rings (SSSR count). The van der Waals surface area contributed by atoms with Crippen LogP contribution in [0.1, 0.15) is 11.1 Å². The molecule has 5 nitrogen and oxygen atoms in total. The molecule has 0 amide bonds. The maximum absolute atomic E-state index is 9.05. The third-order valence-corrected chi connectivity index (χ3v) is 2.84. The van der Waals surface area contributed by atoms with Crippen molar-refractivity contribution in [2.24, 2.45) is 16.7 Å². The van der Waals surface area contributed by atoms with E-state index in [1.165, 1.54) is 0 Å². The van der Waals surface area contributed by atoms with Gasteiger partial charge in [0.15, 0.2) is 5.84 Å². The number of nitrogens with two attached hydrogens (primary N) is 2. The van der Waals surface area contributed by atoms with Gasteiger partial charge in [0, 0.05) is 5.56 Å². The van der Waals surface area contributed by atoms with E-state index in [9.17, 15) is 0 Å². The summed E-state index contributed by atoms with van der Waals surface area (Å²) in [7, 11) is 0. The van der Waals surface area contributed by atoms with Crippen LogP contribution < -0.4 is 17.1 Å². The van der Waals surface area contributed by atoms with E-state index in [1.807, 2.05) is 48.5 Å². The van der Waals surface area contributed by atoms with E-state index in [0.29, 0.717) is 5.84 Å². The second-order valence-electron chi connectivity index (χ2n) is 4.03. The van der Waals surface area contributed by atoms with E-state index < -0.39 is 0 Å². The Hall–Kier alpha value is -2.37. The van der Waals surface area contributed by atoms with Crippen molar-refractivity contribution in [3.05, 3.63) is 59.7 Å². The lowest BCUT2D eigenvalue weighted by atomic mass is 9.98. The molecule has 19 heavy (non-hydrogen) atoms. The molecule has 0 bridgehead atoms. The Balaban J connectivity index is 2.46. The zero-order valence-electron chi connectivity index (χ0n) is 10.4. The van der Waals surface area contributed by atoms with Crippen molar-refractivity contribution in [3.8, 4) is 11.1 Å². The Morgan fingerprint density at radius 3 is 2.42 bits per heavy atom. The predicted molar refractivity (Wildman–Crippen MR) is 75.8 cm³/mol. The number of rotatable bonds is 4. The van der Waals surface area contributed by atoms with Gasteiger partial charge in [-0.05, 0) is 16.7 Å². The SMILES string of the molecule is NN/N=C(\N)c1ccccc1-c1ccc(CO)cc1. The third kappa shape index (κ3) is 2.90. The molecule has 2 aromatic carbocycles. The van der Waals surface area contributed by atoms with Gasteiger partial charge in [-0.15, -0.1) is 5.10 Å². The first-order valence-electron chi connectivity index (χ1n) is 5.84.